The fourth-order valence-electron chi connectivity index (χ4n) is 2.24. The van der Waals surface area contributed by atoms with Crippen molar-refractivity contribution in [3.05, 3.63) is 16.6 Å². The first-order chi connectivity index (χ1) is 9.61. The van der Waals surface area contributed by atoms with Crippen LogP contribution in [0.5, 0.6) is 0 Å². The summed E-state index contributed by atoms with van der Waals surface area (Å²) in [6, 6.07) is 0. The highest BCUT2D eigenvalue weighted by Gasteiger charge is 2.36. The number of carbonyl (C=O) groups is 2. The number of nitrogens with zero attached hydrogens (tertiary/aromatic N) is 2. The largest absolute Gasteiger partial charge is 0.479 e. The maximum absolute atomic E-state index is 12.3. The summed E-state index contributed by atoms with van der Waals surface area (Å²) in [6.07, 6.45) is 1.87. The van der Waals surface area contributed by atoms with Gasteiger partial charge in [-0.15, -0.1) is 11.3 Å². The zero-order valence-corrected chi connectivity index (χ0v) is 12.1. The molecule has 0 radical (unpaired) electrons. The van der Waals surface area contributed by atoms with Crippen molar-refractivity contribution in [2.45, 2.75) is 38.4 Å². The SMILES string of the molecule is CCN(CCc1nccs1)C(=O)[C@@H]1CC[C@H](C(=O)O)O1. The lowest BCUT2D eigenvalue weighted by molar-refractivity contribution is -0.154. The van der Waals surface area contributed by atoms with E-state index in [-0.39, 0.29) is 5.91 Å². The van der Waals surface area contributed by atoms with Crippen LogP contribution in [-0.2, 0) is 20.7 Å². The van der Waals surface area contributed by atoms with Crippen molar-refractivity contribution in [1.29, 1.82) is 0 Å². The van der Waals surface area contributed by atoms with E-state index in [0.717, 1.165) is 5.01 Å². The van der Waals surface area contributed by atoms with Crippen LogP contribution in [0.1, 0.15) is 24.8 Å². The molecule has 1 aromatic rings. The fourth-order valence-corrected chi connectivity index (χ4v) is 2.84. The first-order valence-corrected chi connectivity index (χ1v) is 7.55. The summed E-state index contributed by atoms with van der Waals surface area (Å²) in [7, 11) is 0. The molecule has 0 unspecified atom stereocenters. The molecular weight excluding hydrogens is 280 g/mol. The Labute approximate surface area is 121 Å². The molecule has 1 amide bonds. The second-order valence-corrected chi connectivity index (χ2v) is 5.60. The van der Waals surface area contributed by atoms with Gasteiger partial charge in [0.15, 0.2) is 6.10 Å². The molecule has 1 fully saturated rings. The summed E-state index contributed by atoms with van der Waals surface area (Å²) in [5.41, 5.74) is 0. The normalized spacial score (nSPS) is 21.9. The van der Waals surface area contributed by atoms with E-state index in [9.17, 15) is 9.59 Å². The highest BCUT2D eigenvalue weighted by Crippen LogP contribution is 2.21. The van der Waals surface area contributed by atoms with Crippen LogP contribution in [0, 0.1) is 0 Å². The molecule has 7 heteroatoms. The second kappa shape index (κ2) is 6.81. The molecule has 0 saturated carbocycles. The van der Waals surface area contributed by atoms with Crippen molar-refractivity contribution in [2.75, 3.05) is 13.1 Å². The first kappa shape index (κ1) is 14.9. The lowest BCUT2D eigenvalue weighted by Gasteiger charge is -2.23. The number of hydrogen-bond donors (Lipinski definition) is 1. The standard InChI is InChI=1S/C13H18N2O4S/c1-2-15(7-5-11-14-6-8-20-11)12(16)9-3-4-10(19-9)13(17)18/h6,8-10H,2-5,7H2,1H3,(H,17,18)/t9-,10+/m0/s1. The monoisotopic (exact) mass is 298 g/mol. The number of aromatic nitrogens is 1. The third-order valence-electron chi connectivity index (χ3n) is 3.34. The van der Waals surface area contributed by atoms with E-state index in [1.807, 2.05) is 12.3 Å². The molecule has 2 heterocycles. The molecule has 0 aliphatic carbocycles. The lowest BCUT2D eigenvalue weighted by Crippen LogP contribution is -2.40. The minimum absolute atomic E-state index is 0.118. The maximum atomic E-state index is 12.3. The number of hydrogen-bond acceptors (Lipinski definition) is 5. The van der Waals surface area contributed by atoms with E-state index >= 15 is 0 Å². The van der Waals surface area contributed by atoms with Gasteiger partial charge >= 0.3 is 5.97 Å². The molecule has 6 nitrogen and oxygen atoms in total. The van der Waals surface area contributed by atoms with Gasteiger partial charge in [-0.25, -0.2) is 9.78 Å². The smallest absolute Gasteiger partial charge is 0.332 e. The summed E-state index contributed by atoms with van der Waals surface area (Å²) >= 11 is 1.57. The number of rotatable bonds is 6. The zero-order chi connectivity index (χ0) is 14.5. The Kier molecular flexibility index (Phi) is 5.08. The Hall–Kier alpha value is -1.47. The molecule has 1 saturated heterocycles. The topological polar surface area (TPSA) is 79.7 Å². The Morgan fingerprint density at radius 1 is 1.50 bits per heavy atom. The molecule has 2 atom stereocenters. The molecule has 0 bridgehead atoms. The summed E-state index contributed by atoms with van der Waals surface area (Å²) in [5, 5.41) is 11.8. The van der Waals surface area contributed by atoms with E-state index in [2.05, 4.69) is 4.98 Å². The number of carboxylic acids is 1. The van der Waals surface area contributed by atoms with E-state index in [0.29, 0.717) is 32.4 Å². The number of carboxylic acid groups (broad SMARTS) is 1. The van der Waals surface area contributed by atoms with Crippen molar-refractivity contribution < 1.29 is 19.4 Å². The van der Waals surface area contributed by atoms with Gasteiger partial charge in [0.05, 0.1) is 5.01 Å². The molecule has 1 aliphatic heterocycles. The quantitative estimate of drug-likeness (QED) is 0.852. The van der Waals surface area contributed by atoms with Gasteiger partial charge in [-0.1, -0.05) is 0 Å². The van der Waals surface area contributed by atoms with Crippen LogP contribution in [0.25, 0.3) is 0 Å². The van der Waals surface area contributed by atoms with Gasteiger partial charge in [0.2, 0.25) is 0 Å². The van der Waals surface area contributed by atoms with Gasteiger partial charge in [0.25, 0.3) is 5.91 Å². The van der Waals surface area contributed by atoms with E-state index in [1.165, 1.54) is 0 Å². The van der Waals surface area contributed by atoms with Crippen molar-refractivity contribution in [3.63, 3.8) is 0 Å². The van der Waals surface area contributed by atoms with Crippen molar-refractivity contribution in [2.24, 2.45) is 0 Å². The molecule has 110 valence electrons. The lowest BCUT2D eigenvalue weighted by atomic mass is 10.1. The number of aliphatic carboxylic acids is 1. The maximum Gasteiger partial charge on any atom is 0.332 e. The Bertz CT molecular complexity index is 463. The van der Waals surface area contributed by atoms with Crippen LogP contribution >= 0.6 is 11.3 Å². The van der Waals surface area contributed by atoms with Gasteiger partial charge in [-0.2, -0.15) is 0 Å². The minimum Gasteiger partial charge on any atom is -0.479 e. The molecule has 2 rings (SSSR count). The van der Waals surface area contributed by atoms with Gasteiger partial charge in [0.1, 0.15) is 6.10 Å². The van der Waals surface area contributed by atoms with E-state index in [4.69, 9.17) is 9.84 Å². The third-order valence-corrected chi connectivity index (χ3v) is 4.18. The van der Waals surface area contributed by atoms with Gasteiger partial charge < -0.3 is 14.7 Å². The summed E-state index contributed by atoms with van der Waals surface area (Å²) in [6.45, 7) is 3.08. The molecule has 0 aromatic carbocycles. The molecule has 20 heavy (non-hydrogen) atoms. The van der Waals surface area contributed by atoms with Crippen LogP contribution in [-0.4, -0.2) is 52.2 Å². The number of likely N-dealkylation sites (N-methyl/N-ethyl adjacent to an activating group) is 1. The summed E-state index contributed by atoms with van der Waals surface area (Å²) < 4.78 is 5.30. The molecule has 0 spiro atoms. The molecule has 1 N–H and O–H groups in total. The van der Waals surface area contributed by atoms with Crippen LogP contribution in [0.3, 0.4) is 0 Å². The van der Waals surface area contributed by atoms with Crippen molar-refractivity contribution in [1.82, 2.24) is 9.88 Å². The van der Waals surface area contributed by atoms with Crippen LogP contribution in [0.15, 0.2) is 11.6 Å². The van der Waals surface area contributed by atoms with Gasteiger partial charge in [0, 0.05) is 31.1 Å². The zero-order valence-electron chi connectivity index (χ0n) is 11.3. The Balaban J connectivity index is 1.87. The number of thiazole rings is 1. The van der Waals surface area contributed by atoms with E-state index < -0.39 is 18.2 Å². The molecule has 1 aromatic heterocycles. The van der Waals surface area contributed by atoms with Crippen molar-refractivity contribution >= 4 is 23.2 Å². The second-order valence-electron chi connectivity index (χ2n) is 4.62. The predicted molar refractivity (Wildman–Crippen MR) is 73.6 cm³/mol. The minimum atomic E-state index is -0.994. The highest BCUT2D eigenvalue weighted by molar-refractivity contribution is 7.09. The van der Waals surface area contributed by atoms with Crippen LogP contribution < -0.4 is 0 Å². The Morgan fingerprint density at radius 2 is 2.25 bits per heavy atom. The van der Waals surface area contributed by atoms with Gasteiger partial charge in [-0.05, 0) is 19.8 Å². The average Bonchev–Trinajstić information content (AvgIpc) is 3.10. The van der Waals surface area contributed by atoms with E-state index in [1.54, 1.807) is 22.4 Å². The first-order valence-electron chi connectivity index (χ1n) is 6.67. The fraction of sp³-hybridized carbons (Fsp3) is 0.615. The number of ether oxygens (including phenoxy) is 1. The number of amides is 1. The molecular formula is C13H18N2O4S. The van der Waals surface area contributed by atoms with Crippen LogP contribution in [0.4, 0.5) is 0 Å². The predicted octanol–water partition coefficient (Wildman–Crippen LogP) is 1.17. The Morgan fingerprint density at radius 3 is 2.80 bits per heavy atom. The third kappa shape index (κ3) is 3.55. The average molecular weight is 298 g/mol. The highest BCUT2D eigenvalue weighted by atomic mass is 32.1. The summed E-state index contributed by atoms with van der Waals surface area (Å²) in [4.78, 5) is 29.0. The van der Waals surface area contributed by atoms with Crippen molar-refractivity contribution in [3.8, 4) is 0 Å². The van der Waals surface area contributed by atoms with Gasteiger partial charge in [-0.3, -0.25) is 4.79 Å². The molecule has 1 aliphatic rings. The van der Waals surface area contributed by atoms with Crippen LogP contribution in [0.2, 0.25) is 0 Å². The number of carbonyl (C=O) groups excluding carboxylic acids is 1. The summed E-state index contributed by atoms with van der Waals surface area (Å²) in [5.74, 6) is -1.11.